The second-order valence-electron chi connectivity index (χ2n) is 3.12. The molecule has 7 heteroatoms. The van der Waals surface area contributed by atoms with Crippen molar-refractivity contribution in [2.45, 2.75) is 6.61 Å². The Morgan fingerprint density at radius 3 is 2.88 bits per heavy atom. The zero-order chi connectivity index (χ0) is 12.3. The Hall–Kier alpha value is -2.15. The second-order valence-corrected chi connectivity index (χ2v) is 3.12. The van der Waals surface area contributed by atoms with Crippen LogP contribution in [-0.2, 0) is 6.61 Å². The number of nitrogen functional groups attached to an aromatic ring is 1. The molecular weight excluding hydrogens is 232 g/mol. The average molecular weight is 241 g/mol. The molecule has 0 aromatic carbocycles. The van der Waals surface area contributed by atoms with Gasteiger partial charge in [-0.05, 0) is 12.1 Å². The summed E-state index contributed by atoms with van der Waals surface area (Å²) < 4.78 is 36.3. The van der Waals surface area contributed by atoms with Crippen LogP contribution in [-0.4, -0.2) is 4.98 Å². The molecule has 2 heterocycles. The Morgan fingerprint density at radius 1 is 1.41 bits per heavy atom. The molecule has 2 rings (SSSR count). The Bertz CT molecular complexity index is 503. The third-order valence-electron chi connectivity index (χ3n) is 1.97. The van der Waals surface area contributed by atoms with Gasteiger partial charge in [0.1, 0.15) is 12.4 Å². The van der Waals surface area contributed by atoms with Gasteiger partial charge in [0.2, 0.25) is 0 Å². The van der Waals surface area contributed by atoms with Crippen LogP contribution in [0, 0.1) is 11.6 Å². The van der Waals surface area contributed by atoms with Gasteiger partial charge in [-0.15, -0.1) is 0 Å². The normalized spacial score (nSPS) is 10.3. The first-order valence-corrected chi connectivity index (χ1v) is 4.68. The zero-order valence-electron chi connectivity index (χ0n) is 8.61. The third kappa shape index (κ3) is 2.51. The van der Waals surface area contributed by atoms with Crippen molar-refractivity contribution in [2.75, 3.05) is 5.43 Å². The molecule has 0 spiro atoms. The minimum Gasteiger partial charge on any atom is -0.467 e. The molecule has 3 N–H and O–H groups in total. The molecule has 0 atom stereocenters. The number of rotatable bonds is 4. The molecule has 0 aliphatic heterocycles. The van der Waals surface area contributed by atoms with Crippen molar-refractivity contribution in [1.82, 2.24) is 4.98 Å². The molecular formula is C10H9F2N3O2. The van der Waals surface area contributed by atoms with Crippen LogP contribution in [0.15, 0.2) is 28.9 Å². The van der Waals surface area contributed by atoms with E-state index in [-0.39, 0.29) is 18.3 Å². The summed E-state index contributed by atoms with van der Waals surface area (Å²) in [6.45, 7) is -0.00738. The van der Waals surface area contributed by atoms with Crippen molar-refractivity contribution in [3.05, 3.63) is 41.9 Å². The van der Waals surface area contributed by atoms with E-state index in [1.807, 2.05) is 5.43 Å². The predicted octanol–water partition coefficient (Wildman–Crippen LogP) is 1.82. The number of nitrogens with zero attached hydrogens (tertiary/aromatic N) is 1. The van der Waals surface area contributed by atoms with E-state index >= 15 is 0 Å². The maximum atomic E-state index is 13.3. The van der Waals surface area contributed by atoms with Crippen molar-refractivity contribution in [1.29, 1.82) is 0 Å². The first-order chi connectivity index (χ1) is 8.20. The predicted molar refractivity (Wildman–Crippen MR) is 55.0 cm³/mol. The van der Waals surface area contributed by atoms with E-state index in [1.165, 1.54) is 6.26 Å². The molecule has 0 bridgehead atoms. The van der Waals surface area contributed by atoms with E-state index < -0.39 is 11.6 Å². The SMILES string of the molecule is NNc1nc(OCc2ccco2)c(F)cc1F. The number of anilines is 1. The highest BCUT2D eigenvalue weighted by molar-refractivity contribution is 5.38. The van der Waals surface area contributed by atoms with Gasteiger partial charge in [0.15, 0.2) is 17.5 Å². The summed E-state index contributed by atoms with van der Waals surface area (Å²) >= 11 is 0. The van der Waals surface area contributed by atoms with Crippen molar-refractivity contribution in [3.63, 3.8) is 0 Å². The van der Waals surface area contributed by atoms with Gasteiger partial charge >= 0.3 is 0 Å². The number of hydrazine groups is 1. The lowest BCUT2D eigenvalue weighted by Gasteiger charge is -2.07. The number of nitrogens with one attached hydrogen (secondary N) is 1. The van der Waals surface area contributed by atoms with E-state index in [1.54, 1.807) is 12.1 Å². The fourth-order valence-electron chi connectivity index (χ4n) is 1.19. The Labute approximate surface area is 95.2 Å². The van der Waals surface area contributed by atoms with E-state index in [0.717, 1.165) is 0 Å². The summed E-state index contributed by atoms with van der Waals surface area (Å²) in [4.78, 5) is 3.54. The highest BCUT2D eigenvalue weighted by Crippen LogP contribution is 2.21. The Kier molecular flexibility index (Phi) is 3.20. The summed E-state index contributed by atoms with van der Waals surface area (Å²) in [7, 11) is 0. The summed E-state index contributed by atoms with van der Waals surface area (Å²) in [5, 5.41) is 0. The van der Waals surface area contributed by atoms with Gasteiger partial charge in [0, 0.05) is 6.07 Å². The van der Waals surface area contributed by atoms with E-state index in [9.17, 15) is 8.78 Å². The molecule has 0 fully saturated rings. The van der Waals surface area contributed by atoms with Crippen molar-refractivity contribution < 1.29 is 17.9 Å². The van der Waals surface area contributed by atoms with Gasteiger partial charge in [-0.1, -0.05) is 0 Å². The number of furan rings is 1. The number of pyridine rings is 1. The van der Waals surface area contributed by atoms with Crippen LogP contribution in [0.1, 0.15) is 5.76 Å². The molecule has 90 valence electrons. The van der Waals surface area contributed by atoms with Crippen LogP contribution in [0.4, 0.5) is 14.6 Å². The lowest BCUT2D eigenvalue weighted by molar-refractivity contribution is 0.247. The molecule has 5 nitrogen and oxygen atoms in total. The van der Waals surface area contributed by atoms with Crippen LogP contribution in [0.3, 0.4) is 0 Å². The highest BCUT2D eigenvalue weighted by Gasteiger charge is 2.12. The van der Waals surface area contributed by atoms with Gasteiger partial charge in [-0.2, -0.15) is 4.98 Å². The van der Waals surface area contributed by atoms with E-state index in [4.69, 9.17) is 15.0 Å². The topological polar surface area (TPSA) is 73.3 Å². The Balaban J connectivity index is 2.15. The summed E-state index contributed by atoms with van der Waals surface area (Å²) in [6.07, 6.45) is 1.46. The molecule has 0 saturated heterocycles. The third-order valence-corrected chi connectivity index (χ3v) is 1.97. The highest BCUT2D eigenvalue weighted by atomic mass is 19.1. The average Bonchev–Trinajstić information content (AvgIpc) is 2.81. The first-order valence-electron chi connectivity index (χ1n) is 4.68. The quantitative estimate of drug-likeness (QED) is 0.631. The number of ether oxygens (including phenoxy) is 1. The van der Waals surface area contributed by atoms with Gasteiger partial charge in [-0.25, -0.2) is 14.6 Å². The monoisotopic (exact) mass is 241 g/mol. The molecule has 0 unspecified atom stereocenters. The van der Waals surface area contributed by atoms with Crippen LogP contribution >= 0.6 is 0 Å². The summed E-state index contributed by atoms with van der Waals surface area (Å²) in [5.74, 6) is 3.06. The summed E-state index contributed by atoms with van der Waals surface area (Å²) in [5.41, 5.74) is 2.00. The largest absolute Gasteiger partial charge is 0.467 e. The molecule has 0 radical (unpaired) electrons. The molecule has 17 heavy (non-hydrogen) atoms. The maximum Gasteiger partial charge on any atom is 0.253 e. The lowest BCUT2D eigenvalue weighted by atomic mass is 10.4. The summed E-state index contributed by atoms with van der Waals surface area (Å²) in [6, 6.07) is 3.96. The fourth-order valence-corrected chi connectivity index (χ4v) is 1.19. The van der Waals surface area contributed by atoms with Crippen LogP contribution in [0.25, 0.3) is 0 Å². The fraction of sp³-hybridized carbons (Fsp3) is 0.100. The van der Waals surface area contributed by atoms with Crippen LogP contribution in [0.5, 0.6) is 5.88 Å². The van der Waals surface area contributed by atoms with E-state index in [2.05, 4.69) is 4.98 Å². The minimum absolute atomic E-state index is 0.00738. The zero-order valence-corrected chi connectivity index (χ0v) is 8.61. The van der Waals surface area contributed by atoms with E-state index in [0.29, 0.717) is 11.8 Å². The van der Waals surface area contributed by atoms with Gasteiger partial charge in [0.05, 0.1) is 6.26 Å². The number of nitrogens with two attached hydrogens (primary N) is 1. The lowest BCUT2D eigenvalue weighted by Crippen LogP contribution is -2.12. The van der Waals surface area contributed by atoms with Gasteiger partial charge in [-0.3, -0.25) is 0 Å². The molecule has 2 aromatic heterocycles. The van der Waals surface area contributed by atoms with Crippen LogP contribution < -0.4 is 16.0 Å². The number of hydrogen-bond acceptors (Lipinski definition) is 5. The van der Waals surface area contributed by atoms with Crippen molar-refractivity contribution in [2.24, 2.45) is 5.84 Å². The molecule has 0 aliphatic rings. The molecule has 2 aromatic rings. The second kappa shape index (κ2) is 4.79. The molecule has 0 aliphatic carbocycles. The maximum absolute atomic E-state index is 13.3. The number of hydrogen-bond donors (Lipinski definition) is 2. The van der Waals surface area contributed by atoms with Crippen molar-refractivity contribution >= 4 is 5.82 Å². The van der Waals surface area contributed by atoms with Gasteiger partial charge in [0.25, 0.3) is 5.88 Å². The van der Waals surface area contributed by atoms with Gasteiger partial charge < -0.3 is 14.6 Å². The first kappa shape index (κ1) is 11.3. The minimum atomic E-state index is -0.909. The molecule has 0 amide bonds. The van der Waals surface area contributed by atoms with Crippen LogP contribution in [0.2, 0.25) is 0 Å². The number of aromatic nitrogens is 1. The standard InChI is InChI=1S/C10H9F2N3O2/c11-7-4-8(12)10(14-9(7)15-13)17-5-6-2-1-3-16-6/h1-4H,5,13H2,(H,14,15). The number of halogens is 2. The smallest absolute Gasteiger partial charge is 0.253 e. The molecule has 0 saturated carbocycles. The van der Waals surface area contributed by atoms with Crippen molar-refractivity contribution in [3.8, 4) is 5.88 Å². The Morgan fingerprint density at radius 2 is 2.24 bits per heavy atom.